The highest BCUT2D eigenvalue weighted by Crippen LogP contribution is 2.24. The number of carboxylic acids is 1. The molecule has 0 atom stereocenters. The minimum Gasteiger partial charge on any atom is -0.481 e. The van der Waals surface area contributed by atoms with E-state index in [1.807, 2.05) is 0 Å². The molecule has 0 bridgehead atoms. The number of hydrogen-bond donors (Lipinski definition) is 2. The lowest BCUT2D eigenvalue weighted by Crippen LogP contribution is -2.00. The Hall–Kier alpha value is -1.52. The minimum atomic E-state index is -0.908. The molecule has 13 heavy (non-hydrogen) atoms. The Bertz CT molecular complexity index is 317. The number of aromatic nitrogens is 1. The Kier molecular flexibility index (Phi) is 1.92. The Balaban J connectivity index is 1.95. The maximum absolute atomic E-state index is 10.3. The Labute approximate surface area is 74.7 Å². The van der Waals surface area contributed by atoms with Gasteiger partial charge in [-0.05, 0) is 12.8 Å². The molecule has 0 unspecified atom stereocenters. The summed E-state index contributed by atoms with van der Waals surface area (Å²) in [5.74, 6) is 0.114. The van der Waals surface area contributed by atoms with Crippen LogP contribution in [0.5, 0.6) is 0 Å². The number of hydrogen-bond acceptors (Lipinski definition) is 4. The second-order valence-corrected chi connectivity index (χ2v) is 3.17. The molecule has 5 nitrogen and oxygen atoms in total. The van der Waals surface area contributed by atoms with Crippen molar-refractivity contribution in [3.8, 4) is 0 Å². The molecule has 2 rings (SSSR count). The van der Waals surface area contributed by atoms with Crippen LogP contribution in [0.15, 0.2) is 10.6 Å². The van der Waals surface area contributed by atoms with Crippen LogP contribution in [0.3, 0.4) is 0 Å². The summed E-state index contributed by atoms with van der Waals surface area (Å²) < 4.78 is 4.81. The molecule has 5 heteroatoms. The summed E-state index contributed by atoms with van der Waals surface area (Å²) in [5.41, 5.74) is 0. The van der Waals surface area contributed by atoms with Gasteiger partial charge in [0.1, 0.15) is 12.2 Å². The molecule has 0 radical (unpaired) electrons. The van der Waals surface area contributed by atoms with Crippen LogP contribution >= 0.6 is 0 Å². The van der Waals surface area contributed by atoms with Crippen LogP contribution < -0.4 is 5.32 Å². The lowest BCUT2D eigenvalue weighted by molar-refractivity contribution is -0.136. The zero-order valence-electron chi connectivity index (χ0n) is 6.99. The number of aliphatic carboxylic acids is 1. The van der Waals surface area contributed by atoms with Crippen LogP contribution in [-0.2, 0) is 11.2 Å². The fourth-order valence-corrected chi connectivity index (χ4v) is 1.05. The summed E-state index contributed by atoms with van der Waals surface area (Å²) in [6.45, 7) is 0. The van der Waals surface area contributed by atoms with Gasteiger partial charge in [-0.25, -0.2) is 0 Å². The van der Waals surface area contributed by atoms with Crippen molar-refractivity contribution >= 4 is 11.8 Å². The van der Waals surface area contributed by atoms with Crippen LogP contribution in [0.4, 0.5) is 5.82 Å². The van der Waals surface area contributed by atoms with E-state index < -0.39 is 5.97 Å². The van der Waals surface area contributed by atoms with Gasteiger partial charge in [-0.3, -0.25) is 4.79 Å². The van der Waals surface area contributed by atoms with Crippen molar-refractivity contribution in [1.82, 2.24) is 5.16 Å². The summed E-state index contributed by atoms with van der Waals surface area (Å²) >= 11 is 0. The van der Waals surface area contributed by atoms with E-state index in [0.717, 1.165) is 12.8 Å². The van der Waals surface area contributed by atoms with Crippen LogP contribution in [0, 0.1) is 0 Å². The molecular formula is C8H10N2O3. The second-order valence-electron chi connectivity index (χ2n) is 3.17. The molecule has 1 aliphatic carbocycles. The fraction of sp³-hybridized carbons (Fsp3) is 0.500. The monoisotopic (exact) mass is 182 g/mol. The Morgan fingerprint density at radius 3 is 3.15 bits per heavy atom. The summed E-state index contributed by atoms with van der Waals surface area (Å²) in [7, 11) is 0. The fourth-order valence-electron chi connectivity index (χ4n) is 1.05. The first kappa shape index (κ1) is 8.10. The van der Waals surface area contributed by atoms with Gasteiger partial charge in [0, 0.05) is 12.1 Å². The number of nitrogens with zero attached hydrogens (tertiary/aromatic N) is 1. The van der Waals surface area contributed by atoms with Crippen LogP contribution in [0.1, 0.15) is 18.6 Å². The van der Waals surface area contributed by atoms with Crippen molar-refractivity contribution in [3.05, 3.63) is 11.8 Å². The van der Waals surface area contributed by atoms with Crippen LogP contribution in [0.2, 0.25) is 0 Å². The molecule has 0 saturated heterocycles. The highest BCUT2D eigenvalue weighted by molar-refractivity contribution is 5.69. The highest BCUT2D eigenvalue weighted by atomic mass is 16.5. The molecule has 1 fully saturated rings. The molecule has 1 heterocycles. The number of rotatable bonds is 4. The van der Waals surface area contributed by atoms with Gasteiger partial charge in [-0.2, -0.15) is 0 Å². The minimum absolute atomic E-state index is 0.112. The van der Waals surface area contributed by atoms with Crippen molar-refractivity contribution in [1.29, 1.82) is 0 Å². The first-order valence-corrected chi connectivity index (χ1v) is 4.18. The SMILES string of the molecule is O=C(O)Cc1cc(NC2CC2)no1. The average Bonchev–Trinajstić information content (AvgIpc) is 2.73. The molecule has 1 aliphatic rings. The van der Waals surface area contributed by atoms with Gasteiger partial charge in [0.05, 0.1) is 0 Å². The topological polar surface area (TPSA) is 75.4 Å². The lowest BCUT2D eigenvalue weighted by atomic mass is 10.3. The zero-order chi connectivity index (χ0) is 9.26. The van der Waals surface area contributed by atoms with Crippen LogP contribution in [-0.4, -0.2) is 22.3 Å². The van der Waals surface area contributed by atoms with Crippen LogP contribution in [0.25, 0.3) is 0 Å². The first-order chi connectivity index (χ1) is 6.24. The molecular weight excluding hydrogens is 172 g/mol. The summed E-state index contributed by atoms with van der Waals surface area (Å²) in [4.78, 5) is 10.3. The van der Waals surface area contributed by atoms with Crippen molar-refractivity contribution in [2.75, 3.05) is 5.32 Å². The van der Waals surface area contributed by atoms with Gasteiger partial charge in [0.25, 0.3) is 0 Å². The predicted molar refractivity (Wildman–Crippen MR) is 44.5 cm³/mol. The van der Waals surface area contributed by atoms with Crippen molar-refractivity contribution in [2.24, 2.45) is 0 Å². The zero-order valence-corrected chi connectivity index (χ0v) is 6.99. The van der Waals surface area contributed by atoms with E-state index in [1.54, 1.807) is 6.07 Å². The Morgan fingerprint density at radius 2 is 2.54 bits per heavy atom. The number of carboxylic acid groups (broad SMARTS) is 1. The summed E-state index contributed by atoms with van der Waals surface area (Å²) in [6.07, 6.45) is 2.20. The third-order valence-electron chi connectivity index (χ3n) is 1.81. The molecule has 70 valence electrons. The molecule has 1 aromatic heterocycles. The third kappa shape index (κ3) is 2.21. The quantitative estimate of drug-likeness (QED) is 0.722. The van der Waals surface area contributed by atoms with Gasteiger partial charge in [0.15, 0.2) is 5.82 Å². The van der Waals surface area contributed by atoms with Gasteiger partial charge in [-0.15, -0.1) is 0 Å². The molecule has 2 N–H and O–H groups in total. The molecule has 0 spiro atoms. The van der Waals surface area contributed by atoms with Gasteiger partial charge in [-0.1, -0.05) is 5.16 Å². The first-order valence-electron chi connectivity index (χ1n) is 4.18. The van der Waals surface area contributed by atoms with Crippen molar-refractivity contribution in [3.63, 3.8) is 0 Å². The van der Waals surface area contributed by atoms with E-state index in [2.05, 4.69) is 10.5 Å². The van der Waals surface area contributed by atoms with E-state index in [9.17, 15) is 4.79 Å². The van der Waals surface area contributed by atoms with E-state index in [1.165, 1.54) is 0 Å². The second kappa shape index (κ2) is 3.08. The van der Waals surface area contributed by atoms with Crippen molar-refractivity contribution in [2.45, 2.75) is 25.3 Å². The lowest BCUT2D eigenvalue weighted by Gasteiger charge is -1.93. The predicted octanol–water partition coefficient (Wildman–Crippen LogP) is 0.876. The Morgan fingerprint density at radius 1 is 1.77 bits per heavy atom. The molecule has 1 aromatic rings. The average molecular weight is 182 g/mol. The van der Waals surface area contributed by atoms with Gasteiger partial charge in [0.2, 0.25) is 0 Å². The van der Waals surface area contributed by atoms with E-state index in [0.29, 0.717) is 17.6 Å². The number of nitrogens with one attached hydrogen (secondary N) is 1. The smallest absolute Gasteiger partial charge is 0.311 e. The standard InChI is InChI=1S/C8H10N2O3/c11-8(12)4-6-3-7(10-13-6)9-5-1-2-5/h3,5H,1-2,4H2,(H,9,10)(H,11,12). The largest absolute Gasteiger partial charge is 0.481 e. The van der Waals surface area contributed by atoms with Gasteiger partial charge < -0.3 is 14.9 Å². The third-order valence-corrected chi connectivity index (χ3v) is 1.81. The van der Waals surface area contributed by atoms with Crippen molar-refractivity contribution < 1.29 is 14.4 Å². The molecule has 0 amide bonds. The maximum atomic E-state index is 10.3. The molecule has 0 aromatic carbocycles. The molecule has 0 aliphatic heterocycles. The summed E-state index contributed by atoms with van der Waals surface area (Å²) in [5, 5.41) is 15.3. The summed E-state index contributed by atoms with van der Waals surface area (Å²) in [6, 6.07) is 2.13. The van der Waals surface area contributed by atoms with E-state index >= 15 is 0 Å². The highest BCUT2D eigenvalue weighted by Gasteiger charge is 2.22. The van der Waals surface area contributed by atoms with Gasteiger partial charge >= 0.3 is 5.97 Å². The van der Waals surface area contributed by atoms with E-state index in [-0.39, 0.29) is 6.42 Å². The molecule has 1 saturated carbocycles. The maximum Gasteiger partial charge on any atom is 0.311 e. The number of carbonyl (C=O) groups is 1. The normalized spacial score (nSPS) is 15.7. The number of anilines is 1. The van der Waals surface area contributed by atoms with E-state index in [4.69, 9.17) is 9.63 Å².